The highest BCUT2D eigenvalue weighted by atomic mass is 16.5. The van der Waals surface area contributed by atoms with E-state index in [1.54, 1.807) is 9.80 Å². The second-order valence-electron chi connectivity index (χ2n) is 10.2. The van der Waals surface area contributed by atoms with Crippen LogP contribution in [0.5, 0.6) is 0 Å². The molecular formula is C24H36N4O5. The maximum Gasteiger partial charge on any atom is 0.408 e. The SMILES string of the molecule is CC(C)NC(=O)N1C[C@H](O)[C@@H]2[C@H]1CCN2C(=O)C(NC(=O)OCc1ccccc1)C(C)(C)C. The number of hydrogen-bond donors (Lipinski definition) is 3. The number of alkyl carbamates (subject to hydrolysis) is 1. The van der Waals surface area contributed by atoms with E-state index in [2.05, 4.69) is 10.6 Å². The number of hydrogen-bond acceptors (Lipinski definition) is 5. The van der Waals surface area contributed by atoms with Crippen LogP contribution in [0.1, 0.15) is 46.6 Å². The van der Waals surface area contributed by atoms with Crippen molar-refractivity contribution in [3.8, 4) is 0 Å². The number of aliphatic hydroxyl groups excluding tert-OH is 1. The molecule has 0 spiro atoms. The number of carbonyl (C=O) groups excluding carboxylic acids is 3. The third kappa shape index (κ3) is 5.76. The Bertz CT molecular complexity index is 854. The van der Waals surface area contributed by atoms with E-state index in [1.165, 1.54) is 0 Å². The molecule has 2 aliphatic heterocycles. The van der Waals surface area contributed by atoms with Crippen LogP contribution in [0.3, 0.4) is 0 Å². The average molecular weight is 461 g/mol. The number of amides is 4. The van der Waals surface area contributed by atoms with Gasteiger partial charge in [-0.1, -0.05) is 51.1 Å². The first-order chi connectivity index (χ1) is 15.5. The van der Waals surface area contributed by atoms with Gasteiger partial charge in [0.25, 0.3) is 0 Å². The van der Waals surface area contributed by atoms with E-state index in [1.807, 2.05) is 65.0 Å². The van der Waals surface area contributed by atoms with Crippen LogP contribution in [-0.4, -0.2) is 76.3 Å². The van der Waals surface area contributed by atoms with Crippen LogP contribution >= 0.6 is 0 Å². The Morgan fingerprint density at radius 1 is 1.12 bits per heavy atom. The van der Waals surface area contributed by atoms with E-state index < -0.39 is 29.7 Å². The fraction of sp³-hybridized carbons (Fsp3) is 0.625. The number of benzene rings is 1. The van der Waals surface area contributed by atoms with Gasteiger partial charge in [-0.25, -0.2) is 9.59 Å². The number of β-amino-alcohol motifs (C(OH)–C–C–N with tert-alkyl or cyclic N) is 1. The number of nitrogens with zero attached hydrogens (tertiary/aromatic N) is 2. The molecule has 0 aliphatic carbocycles. The summed E-state index contributed by atoms with van der Waals surface area (Å²) in [6, 6.07) is 7.45. The Morgan fingerprint density at radius 3 is 2.39 bits per heavy atom. The number of ether oxygens (including phenoxy) is 1. The summed E-state index contributed by atoms with van der Waals surface area (Å²) < 4.78 is 5.33. The molecule has 0 radical (unpaired) electrons. The molecule has 9 heteroatoms. The number of likely N-dealkylation sites (tertiary alicyclic amines) is 2. The van der Waals surface area contributed by atoms with Gasteiger partial charge in [0.15, 0.2) is 0 Å². The van der Waals surface area contributed by atoms with Gasteiger partial charge in [0.1, 0.15) is 12.6 Å². The highest BCUT2D eigenvalue weighted by Gasteiger charge is 2.53. The largest absolute Gasteiger partial charge is 0.445 e. The predicted octanol–water partition coefficient (Wildman–Crippen LogP) is 2.09. The van der Waals surface area contributed by atoms with Crippen LogP contribution in [-0.2, 0) is 16.1 Å². The van der Waals surface area contributed by atoms with Gasteiger partial charge in [-0.3, -0.25) is 4.79 Å². The Kier molecular flexibility index (Phi) is 7.51. The summed E-state index contributed by atoms with van der Waals surface area (Å²) in [6.45, 7) is 10.0. The van der Waals surface area contributed by atoms with Crippen LogP contribution in [0.15, 0.2) is 30.3 Å². The molecule has 33 heavy (non-hydrogen) atoms. The minimum absolute atomic E-state index is 0.0239. The van der Waals surface area contributed by atoms with E-state index in [4.69, 9.17) is 4.74 Å². The van der Waals surface area contributed by atoms with Gasteiger partial charge < -0.3 is 30.3 Å². The molecule has 0 bridgehead atoms. The molecule has 2 fully saturated rings. The van der Waals surface area contributed by atoms with Crippen molar-refractivity contribution >= 4 is 18.0 Å². The zero-order chi connectivity index (χ0) is 24.3. The number of carbonyl (C=O) groups is 3. The van der Waals surface area contributed by atoms with Gasteiger partial charge in [0.05, 0.1) is 24.7 Å². The lowest BCUT2D eigenvalue weighted by atomic mass is 9.85. The molecule has 1 unspecified atom stereocenters. The Labute approximate surface area is 195 Å². The molecule has 4 atom stereocenters. The van der Waals surface area contributed by atoms with Gasteiger partial charge in [-0.05, 0) is 31.2 Å². The Morgan fingerprint density at radius 2 is 1.79 bits per heavy atom. The van der Waals surface area contributed by atoms with Crippen molar-refractivity contribution < 1.29 is 24.2 Å². The standard InChI is InChI=1S/C24H36N4O5/c1-15(2)25-22(31)28-13-18(29)19-17(28)11-12-27(19)21(30)20(24(3,4)5)26-23(32)33-14-16-9-7-6-8-10-16/h6-10,15,17-20,29H,11-14H2,1-5H3,(H,25,31)(H,26,32)/t17-,18+,19+,20?/m1/s1. The highest BCUT2D eigenvalue weighted by molar-refractivity contribution is 5.87. The van der Waals surface area contributed by atoms with Crippen molar-refractivity contribution in [3.05, 3.63) is 35.9 Å². The number of aliphatic hydroxyl groups is 1. The quantitative estimate of drug-likeness (QED) is 0.623. The van der Waals surface area contributed by atoms with Crippen molar-refractivity contribution in [1.29, 1.82) is 0 Å². The molecule has 3 rings (SSSR count). The lowest BCUT2D eigenvalue weighted by molar-refractivity contribution is -0.138. The first-order valence-electron chi connectivity index (χ1n) is 11.5. The molecule has 4 amide bonds. The van der Waals surface area contributed by atoms with Gasteiger partial charge in [0, 0.05) is 12.6 Å². The van der Waals surface area contributed by atoms with E-state index in [0.717, 1.165) is 5.56 Å². The molecule has 2 aliphatic rings. The second kappa shape index (κ2) is 9.99. The lowest BCUT2D eigenvalue weighted by Gasteiger charge is -2.36. The Balaban J connectivity index is 1.68. The minimum atomic E-state index is -0.843. The molecule has 1 aromatic carbocycles. The van der Waals surface area contributed by atoms with Crippen molar-refractivity contribution in [2.45, 2.75) is 77.9 Å². The molecule has 0 saturated carbocycles. The maximum atomic E-state index is 13.6. The lowest BCUT2D eigenvalue weighted by Crippen LogP contribution is -2.57. The van der Waals surface area contributed by atoms with Gasteiger partial charge in [-0.15, -0.1) is 0 Å². The summed E-state index contributed by atoms with van der Waals surface area (Å²) >= 11 is 0. The molecule has 3 N–H and O–H groups in total. The topological polar surface area (TPSA) is 111 Å². The first-order valence-corrected chi connectivity index (χ1v) is 11.5. The van der Waals surface area contributed by atoms with Gasteiger partial charge >= 0.3 is 12.1 Å². The fourth-order valence-electron chi connectivity index (χ4n) is 4.57. The first kappa shape index (κ1) is 24.8. The van der Waals surface area contributed by atoms with E-state index >= 15 is 0 Å². The maximum absolute atomic E-state index is 13.6. The van der Waals surface area contributed by atoms with Gasteiger partial charge in [0.2, 0.25) is 5.91 Å². The monoisotopic (exact) mass is 460 g/mol. The number of nitrogens with one attached hydrogen (secondary N) is 2. The summed E-state index contributed by atoms with van der Waals surface area (Å²) in [6.07, 6.45) is -0.938. The van der Waals surface area contributed by atoms with Crippen molar-refractivity contribution in [2.75, 3.05) is 13.1 Å². The third-order valence-corrected chi connectivity index (χ3v) is 6.14. The highest BCUT2D eigenvalue weighted by Crippen LogP contribution is 2.34. The summed E-state index contributed by atoms with van der Waals surface area (Å²) in [5.41, 5.74) is 0.265. The molecular weight excluding hydrogens is 424 g/mol. The normalized spacial score (nSPS) is 23.3. The second-order valence-corrected chi connectivity index (χ2v) is 10.2. The number of rotatable bonds is 5. The molecule has 182 valence electrons. The van der Waals surface area contributed by atoms with Crippen LogP contribution in [0.4, 0.5) is 9.59 Å². The molecule has 0 aromatic heterocycles. The van der Waals surface area contributed by atoms with Crippen LogP contribution in [0.25, 0.3) is 0 Å². The predicted molar refractivity (Wildman–Crippen MR) is 123 cm³/mol. The molecule has 9 nitrogen and oxygen atoms in total. The summed E-state index contributed by atoms with van der Waals surface area (Å²) in [7, 11) is 0. The van der Waals surface area contributed by atoms with E-state index in [-0.39, 0.29) is 37.2 Å². The molecule has 2 saturated heterocycles. The summed E-state index contributed by atoms with van der Waals surface area (Å²) in [5, 5.41) is 16.3. The van der Waals surface area contributed by atoms with Crippen molar-refractivity contribution in [3.63, 3.8) is 0 Å². The Hall–Kier alpha value is -2.81. The number of fused-ring (bicyclic) bond motifs is 1. The van der Waals surface area contributed by atoms with Crippen LogP contribution in [0, 0.1) is 5.41 Å². The van der Waals surface area contributed by atoms with Gasteiger partial charge in [-0.2, -0.15) is 0 Å². The third-order valence-electron chi connectivity index (χ3n) is 6.14. The smallest absolute Gasteiger partial charge is 0.408 e. The minimum Gasteiger partial charge on any atom is -0.445 e. The van der Waals surface area contributed by atoms with E-state index in [0.29, 0.717) is 13.0 Å². The van der Waals surface area contributed by atoms with Crippen LogP contribution < -0.4 is 10.6 Å². The van der Waals surface area contributed by atoms with E-state index in [9.17, 15) is 19.5 Å². The zero-order valence-corrected chi connectivity index (χ0v) is 20.1. The number of urea groups is 1. The average Bonchev–Trinajstić information content (AvgIpc) is 3.31. The molecule has 1 aromatic rings. The molecule has 2 heterocycles. The summed E-state index contributed by atoms with van der Waals surface area (Å²) in [5.74, 6) is -0.281. The summed E-state index contributed by atoms with van der Waals surface area (Å²) in [4.78, 5) is 41.9. The van der Waals surface area contributed by atoms with Crippen LogP contribution in [0.2, 0.25) is 0 Å². The zero-order valence-electron chi connectivity index (χ0n) is 20.1. The van der Waals surface area contributed by atoms with Crippen molar-refractivity contribution in [1.82, 2.24) is 20.4 Å². The fourth-order valence-corrected chi connectivity index (χ4v) is 4.57. The van der Waals surface area contributed by atoms with Crippen molar-refractivity contribution in [2.24, 2.45) is 5.41 Å².